The molecule has 0 aliphatic heterocycles. The summed E-state index contributed by atoms with van der Waals surface area (Å²) in [7, 11) is 1.58. The van der Waals surface area contributed by atoms with Crippen LogP contribution in [0.1, 0.15) is 40.9 Å². The summed E-state index contributed by atoms with van der Waals surface area (Å²) in [5, 5.41) is 0. The number of methoxy groups -OCH3 is 1. The van der Waals surface area contributed by atoms with E-state index in [-0.39, 0.29) is 24.5 Å². The van der Waals surface area contributed by atoms with Crippen LogP contribution in [0.2, 0.25) is 0 Å². The second-order valence-corrected chi connectivity index (χ2v) is 7.70. The quantitative estimate of drug-likeness (QED) is 0.213. The number of aryl methyl sites for hydroxylation is 2. The molecule has 1 amide bonds. The SMILES string of the molecule is CCc1cccc(CC)c1N(COC)C(=O)CCl.O=C(OCc1ccccc1)c1ccccc1. The number of ether oxygens (including phenoxy) is 2. The van der Waals surface area contributed by atoms with Crippen LogP contribution in [0.5, 0.6) is 0 Å². The van der Waals surface area contributed by atoms with Gasteiger partial charge in [0.1, 0.15) is 19.2 Å². The molecule has 34 heavy (non-hydrogen) atoms. The third kappa shape index (κ3) is 8.01. The minimum Gasteiger partial charge on any atom is -0.457 e. The van der Waals surface area contributed by atoms with Crippen LogP contribution in [-0.4, -0.2) is 31.6 Å². The van der Waals surface area contributed by atoms with E-state index in [1.165, 1.54) is 0 Å². The summed E-state index contributed by atoms with van der Waals surface area (Å²) in [6.07, 6.45) is 1.75. The molecule has 0 unspecified atom stereocenters. The Morgan fingerprint density at radius 1 is 0.824 bits per heavy atom. The standard InChI is InChI=1S/C14H20ClNO2.C14H12O2/c1-4-11-7-6-8-12(5-2)14(11)16(10-18-3)13(17)9-15;15-14(13-9-5-2-6-10-13)16-11-12-7-3-1-4-8-12/h6-8H,4-5,9-10H2,1-3H3;1-10H,11H2. The van der Waals surface area contributed by atoms with Gasteiger partial charge in [-0.2, -0.15) is 0 Å². The maximum Gasteiger partial charge on any atom is 0.338 e. The van der Waals surface area contributed by atoms with Gasteiger partial charge in [0.25, 0.3) is 0 Å². The third-order valence-electron chi connectivity index (χ3n) is 5.13. The van der Waals surface area contributed by atoms with Crippen molar-refractivity contribution in [2.45, 2.75) is 33.3 Å². The molecule has 180 valence electrons. The highest BCUT2D eigenvalue weighted by Gasteiger charge is 2.19. The number of carbonyl (C=O) groups excluding carboxylic acids is 2. The molecule has 6 heteroatoms. The largest absolute Gasteiger partial charge is 0.457 e. The van der Waals surface area contributed by atoms with Crippen LogP contribution >= 0.6 is 11.6 Å². The van der Waals surface area contributed by atoms with Gasteiger partial charge in [-0.15, -0.1) is 11.6 Å². The van der Waals surface area contributed by atoms with Gasteiger partial charge >= 0.3 is 5.97 Å². The normalized spacial score (nSPS) is 10.1. The van der Waals surface area contributed by atoms with Crippen molar-refractivity contribution in [2.24, 2.45) is 0 Å². The number of rotatable bonds is 9. The van der Waals surface area contributed by atoms with Crippen molar-refractivity contribution in [1.82, 2.24) is 0 Å². The summed E-state index contributed by atoms with van der Waals surface area (Å²) >= 11 is 5.68. The summed E-state index contributed by atoms with van der Waals surface area (Å²) in [5.74, 6) is -0.455. The fourth-order valence-corrected chi connectivity index (χ4v) is 3.55. The summed E-state index contributed by atoms with van der Waals surface area (Å²) in [4.78, 5) is 25.2. The van der Waals surface area contributed by atoms with Crippen LogP contribution in [0.25, 0.3) is 0 Å². The third-order valence-corrected chi connectivity index (χ3v) is 5.36. The van der Waals surface area contributed by atoms with Gasteiger partial charge in [-0.25, -0.2) is 4.79 Å². The molecular weight excluding hydrogens is 450 g/mol. The lowest BCUT2D eigenvalue weighted by molar-refractivity contribution is -0.117. The Hall–Kier alpha value is -3.15. The first-order chi connectivity index (χ1) is 16.5. The maximum atomic E-state index is 12.0. The number of hydrogen-bond acceptors (Lipinski definition) is 4. The lowest BCUT2D eigenvalue weighted by atomic mass is 10.0. The molecule has 0 heterocycles. The molecule has 0 N–H and O–H groups in total. The Kier molecular flexibility index (Phi) is 11.9. The lowest BCUT2D eigenvalue weighted by Gasteiger charge is -2.26. The molecule has 0 saturated carbocycles. The summed E-state index contributed by atoms with van der Waals surface area (Å²) in [5.41, 5.74) is 4.81. The zero-order chi connectivity index (χ0) is 24.8. The number of anilines is 1. The first-order valence-corrected chi connectivity index (χ1v) is 11.8. The predicted octanol–water partition coefficient (Wildman–Crippen LogP) is 6.03. The van der Waals surface area contributed by atoms with Crippen molar-refractivity contribution < 1.29 is 19.1 Å². The molecule has 3 aromatic carbocycles. The molecule has 0 aromatic heterocycles. The fraction of sp³-hybridized carbons (Fsp3) is 0.286. The van der Waals surface area contributed by atoms with E-state index in [1.807, 2.05) is 66.7 Å². The highest BCUT2D eigenvalue weighted by atomic mass is 35.5. The number of carbonyl (C=O) groups is 2. The first-order valence-electron chi connectivity index (χ1n) is 11.3. The molecule has 3 rings (SSSR count). The van der Waals surface area contributed by atoms with Crippen molar-refractivity contribution in [2.75, 3.05) is 24.6 Å². The van der Waals surface area contributed by atoms with E-state index >= 15 is 0 Å². The minimum atomic E-state index is -0.288. The van der Waals surface area contributed by atoms with Crippen molar-refractivity contribution in [3.63, 3.8) is 0 Å². The van der Waals surface area contributed by atoms with Crippen LogP contribution in [-0.2, 0) is 33.7 Å². The second-order valence-electron chi connectivity index (χ2n) is 7.43. The van der Waals surface area contributed by atoms with Crippen molar-refractivity contribution >= 4 is 29.2 Å². The van der Waals surface area contributed by atoms with Gasteiger partial charge in [0.2, 0.25) is 5.91 Å². The summed E-state index contributed by atoms with van der Waals surface area (Å²) < 4.78 is 10.3. The Balaban J connectivity index is 0.000000241. The van der Waals surface area contributed by atoms with Gasteiger partial charge in [-0.05, 0) is 41.7 Å². The maximum absolute atomic E-state index is 12.0. The number of amides is 1. The molecule has 0 radical (unpaired) electrons. The van der Waals surface area contributed by atoms with E-state index in [0.717, 1.165) is 35.2 Å². The van der Waals surface area contributed by atoms with Crippen LogP contribution in [0, 0.1) is 0 Å². The van der Waals surface area contributed by atoms with E-state index < -0.39 is 0 Å². The number of para-hydroxylation sites is 1. The summed E-state index contributed by atoms with van der Waals surface area (Å²) in [6, 6.07) is 24.7. The van der Waals surface area contributed by atoms with Crippen LogP contribution in [0.15, 0.2) is 78.9 Å². The number of hydrogen-bond donors (Lipinski definition) is 0. The van der Waals surface area contributed by atoms with E-state index in [9.17, 15) is 9.59 Å². The van der Waals surface area contributed by atoms with Crippen LogP contribution < -0.4 is 4.90 Å². The smallest absolute Gasteiger partial charge is 0.338 e. The molecule has 0 aliphatic rings. The number of halogens is 1. The molecular formula is C28H32ClNO4. The first kappa shape index (κ1) is 27.1. The molecule has 5 nitrogen and oxygen atoms in total. The summed E-state index contributed by atoms with van der Waals surface area (Å²) in [6.45, 7) is 4.70. The van der Waals surface area contributed by atoms with Crippen molar-refractivity contribution in [3.05, 3.63) is 101 Å². The van der Waals surface area contributed by atoms with E-state index in [2.05, 4.69) is 13.8 Å². The Morgan fingerprint density at radius 3 is 1.88 bits per heavy atom. The Morgan fingerprint density at radius 2 is 1.38 bits per heavy atom. The highest BCUT2D eigenvalue weighted by Crippen LogP contribution is 2.27. The minimum absolute atomic E-state index is 0.0371. The predicted molar refractivity (Wildman–Crippen MR) is 137 cm³/mol. The number of alkyl halides is 1. The van der Waals surface area contributed by atoms with Crippen molar-refractivity contribution in [3.8, 4) is 0 Å². The molecule has 0 fully saturated rings. The Bertz CT molecular complexity index is 1000. The monoisotopic (exact) mass is 481 g/mol. The van der Waals surface area contributed by atoms with Crippen LogP contribution in [0.4, 0.5) is 5.69 Å². The highest BCUT2D eigenvalue weighted by molar-refractivity contribution is 6.29. The molecule has 0 bridgehead atoms. The lowest BCUT2D eigenvalue weighted by Crippen LogP contribution is -2.35. The number of nitrogens with zero attached hydrogens (tertiary/aromatic N) is 1. The zero-order valence-electron chi connectivity index (χ0n) is 20.0. The van der Waals surface area contributed by atoms with E-state index in [0.29, 0.717) is 12.2 Å². The Labute approximate surface area is 207 Å². The van der Waals surface area contributed by atoms with Gasteiger partial charge in [0.05, 0.1) is 11.3 Å². The van der Waals surface area contributed by atoms with Gasteiger partial charge in [-0.3, -0.25) is 9.69 Å². The molecule has 0 spiro atoms. The molecule has 3 aromatic rings. The van der Waals surface area contributed by atoms with E-state index in [4.69, 9.17) is 21.1 Å². The average Bonchev–Trinajstić information content (AvgIpc) is 2.91. The zero-order valence-corrected chi connectivity index (χ0v) is 20.8. The number of esters is 1. The fourth-order valence-electron chi connectivity index (χ4n) is 3.40. The van der Waals surface area contributed by atoms with Crippen molar-refractivity contribution in [1.29, 1.82) is 0 Å². The van der Waals surface area contributed by atoms with Gasteiger partial charge in [0, 0.05) is 7.11 Å². The van der Waals surface area contributed by atoms with Gasteiger partial charge in [0.15, 0.2) is 0 Å². The van der Waals surface area contributed by atoms with E-state index in [1.54, 1.807) is 24.1 Å². The molecule has 0 atom stereocenters. The van der Waals surface area contributed by atoms with Crippen LogP contribution in [0.3, 0.4) is 0 Å². The number of benzene rings is 3. The second kappa shape index (κ2) is 14.9. The molecule has 0 saturated heterocycles. The molecule has 0 aliphatic carbocycles. The average molecular weight is 482 g/mol. The van der Waals surface area contributed by atoms with Gasteiger partial charge < -0.3 is 9.47 Å². The van der Waals surface area contributed by atoms with Gasteiger partial charge in [-0.1, -0.05) is 80.6 Å². The topological polar surface area (TPSA) is 55.8 Å².